The van der Waals surface area contributed by atoms with Crippen molar-refractivity contribution in [1.29, 1.82) is 0 Å². The standard InChI is InChI=1S/C20H26N4O/c1-15-21-18(14-19(22-15)23(2)3)13-16-9-11-24(12-10-16)20(25)17-7-5-4-6-8-17/h4-8,14,16H,9-13H2,1-3H3. The van der Waals surface area contributed by atoms with Crippen LogP contribution in [0.4, 0.5) is 5.82 Å². The molecule has 0 aliphatic carbocycles. The van der Waals surface area contributed by atoms with E-state index >= 15 is 0 Å². The molecule has 5 nitrogen and oxygen atoms in total. The molecule has 1 aliphatic heterocycles. The molecule has 1 aromatic carbocycles. The third-order valence-corrected chi connectivity index (χ3v) is 4.76. The van der Waals surface area contributed by atoms with E-state index in [0.717, 1.165) is 55.3 Å². The molecule has 0 unspecified atom stereocenters. The molecule has 5 heteroatoms. The molecule has 0 N–H and O–H groups in total. The largest absolute Gasteiger partial charge is 0.363 e. The van der Waals surface area contributed by atoms with Crippen LogP contribution in [0.25, 0.3) is 0 Å². The fraction of sp³-hybridized carbons (Fsp3) is 0.450. The summed E-state index contributed by atoms with van der Waals surface area (Å²) in [6.07, 6.45) is 3.01. The van der Waals surface area contributed by atoms with Crippen LogP contribution in [0, 0.1) is 12.8 Å². The number of carbonyl (C=O) groups excluding carboxylic acids is 1. The van der Waals surface area contributed by atoms with Crippen molar-refractivity contribution >= 4 is 11.7 Å². The minimum atomic E-state index is 0.145. The quantitative estimate of drug-likeness (QED) is 0.860. The number of piperidine rings is 1. The molecule has 132 valence electrons. The third kappa shape index (κ3) is 4.35. The summed E-state index contributed by atoms with van der Waals surface area (Å²) in [4.78, 5) is 25.6. The summed E-state index contributed by atoms with van der Waals surface area (Å²) >= 11 is 0. The second-order valence-electron chi connectivity index (χ2n) is 6.96. The zero-order valence-corrected chi connectivity index (χ0v) is 15.3. The summed E-state index contributed by atoms with van der Waals surface area (Å²) in [7, 11) is 4.00. The highest BCUT2D eigenvalue weighted by Gasteiger charge is 2.24. The molecule has 0 radical (unpaired) electrons. The summed E-state index contributed by atoms with van der Waals surface area (Å²) in [6.45, 7) is 3.59. The minimum absolute atomic E-state index is 0.145. The lowest BCUT2D eigenvalue weighted by Crippen LogP contribution is -2.39. The second kappa shape index (κ2) is 7.64. The fourth-order valence-corrected chi connectivity index (χ4v) is 3.35. The highest BCUT2D eigenvalue weighted by atomic mass is 16.2. The molecular weight excluding hydrogens is 312 g/mol. The van der Waals surface area contributed by atoms with E-state index in [-0.39, 0.29) is 5.91 Å². The van der Waals surface area contributed by atoms with Crippen LogP contribution < -0.4 is 4.90 Å². The Morgan fingerprint density at radius 3 is 2.48 bits per heavy atom. The molecular formula is C20H26N4O. The average Bonchev–Trinajstić information content (AvgIpc) is 2.62. The molecule has 0 bridgehead atoms. The lowest BCUT2D eigenvalue weighted by Gasteiger charge is -2.32. The molecule has 2 heterocycles. The number of nitrogens with zero attached hydrogens (tertiary/aromatic N) is 4. The molecule has 0 atom stereocenters. The van der Waals surface area contributed by atoms with Crippen LogP contribution in [0.3, 0.4) is 0 Å². The summed E-state index contributed by atoms with van der Waals surface area (Å²) in [5.74, 6) is 2.49. The number of amides is 1. The van der Waals surface area contributed by atoms with Gasteiger partial charge in [0, 0.05) is 44.5 Å². The molecule has 0 spiro atoms. The van der Waals surface area contributed by atoms with Crippen molar-refractivity contribution in [2.24, 2.45) is 5.92 Å². The van der Waals surface area contributed by atoms with Crippen molar-refractivity contribution in [3.05, 3.63) is 53.5 Å². The third-order valence-electron chi connectivity index (χ3n) is 4.76. The number of likely N-dealkylation sites (tertiary alicyclic amines) is 1. The molecule has 1 saturated heterocycles. The highest BCUT2D eigenvalue weighted by Crippen LogP contribution is 2.23. The Kier molecular flexibility index (Phi) is 5.31. The number of hydrogen-bond acceptors (Lipinski definition) is 4. The van der Waals surface area contributed by atoms with Crippen molar-refractivity contribution in [2.75, 3.05) is 32.1 Å². The molecule has 1 amide bonds. The van der Waals surface area contributed by atoms with E-state index in [1.807, 2.05) is 61.2 Å². The zero-order valence-electron chi connectivity index (χ0n) is 15.3. The first-order chi connectivity index (χ1) is 12.0. The number of aromatic nitrogens is 2. The van der Waals surface area contributed by atoms with Gasteiger partial charge in [-0.25, -0.2) is 9.97 Å². The predicted molar refractivity (Wildman–Crippen MR) is 99.9 cm³/mol. The van der Waals surface area contributed by atoms with Gasteiger partial charge in [0.15, 0.2) is 0 Å². The molecule has 0 saturated carbocycles. The smallest absolute Gasteiger partial charge is 0.253 e. The maximum atomic E-state index is 12.5. The molecule has 1 fully saturated rings. The topological polar surface area (TPSA) is 49.3 Å². The molecule has 1 aromatic heterocycles. The Hall–Kier alpha value is -2.43. The summed E-state index contributed by atoms with van der Waals surface area (Å²) in [5, 5.41) is 0. The Morgan fingerprint density at radius 1 is 1.16 bits per heavy atom. The monoisotopic (exact) mass is 338 g/mol. The minimum Gasteiger partial charge on any atom is -0.363 e. The number of hydrogen-bond donors (Lipinski definition) is 0. The van der Waals surface area contributed by atoms with Gasteiger partial charge in [-0.3, -0.25) is 4.79 Å². The fourth-order valence-electron chi connectivity index (χ4n) is 3.35. The molecule has 25 heavy (non-hydrogen) atoms. The van der Waals surface area contributed by atoms with Gasteiger partial charge in [0.05, 0.1) is 0 Å². The second-order valence-corrected chi connectivity index (χ2v) is 6.96. The van der Waals surface area contributed by atoms with Gasteiger partial charge in [0.1, 0.15) is 11.6 Å². The van der Waals surface area contributed by atoms with E-state index in [4.69, 9.17) is 0 Å². The highest BCUT2D eigenvalue weighted by molar-refractivity contribution is 5.94. The maximum Gasteiger partial charge on any atom is 0.253 e. The number of carbonyl (C=O) groups is 1. The Balaban J connectivity index is 1.59. The molecule has 3 rings (SSSR count). The molecule has 2 aromatic rings. The Bertz CT molecular complexity index is 722. The van der Waals surface area contributed by atoms with Crippen molar-refractivity contribution in [3.8, 4) is 0 Å². The van der Waals surface area contributed by atoms with Crippen LogP contribution in [0.5, 0.6) is 0 Å². The van der Waals surface area contributed by atoms with E-state index in [1.54, 1.807) is 0 Å². The van der Waals surface area contributed by atoms with E-state index in [2.05, 4.69) is 16.0 Å². The van der Waals surface area contributed by atoms with Gasteiger partial charge in [-0.15, -0.1) is 0 Å². The summed E-state index contributed by atoms with van der Waals surface area (Å²) in [6, 6.07) is 11.6. The molecule has 1 aliphatic rings. The van der Waals surface area contributed by atoms with Crippen molar-refractivity contribution in [2.45, 2.75) is 26.2 Å². The number of anilines is 1. The lowest BCUT2D eigenvalue weighted by molar-refractivity contribution is 0.0690. The van der Waals surface area contributed by atoms with Gasteiger partial charge in [-0.1, -0.05) is 18.2 Å². The summed E-state index contributed by atoms with van der Waals surface area (Å²) < 4.78 is 0. The maximum absolute atomic E-state index is 12.5. The first-order valence-corrected chi connectivity index (χ1v) is 8.89. The number of benzene rings is 1. The van der Waals surface area contributed by atoms with Crippen LogP contribution in [-0.4, -0.2) is 48.0 Å². The van der Waals surface area contributed by atoms with Gasteiger partial charge in [-0.2, -0.15) is 0 Å². The average molecular weight is 338 g/mol. The number of aryl methyl sites for hydroxylation is 1. The van der Waals surface area contributed by atoms with Crippen LogP contribution in [0.1, 0.15) is 34.7 Å². The van der Waals surface area contributed by atoms with Gasteiger partial charge >= 0.3 is 0 Å². The normalized spacial score (nSPS) is 15.2. The van der Waals surface area contributed by atoms with Gasteiger partial charge in [0.25, 0.3) is 5.91 Å². The number of rotatable bonds is 4. The van der Waals surface area contributed by atoms with Crippen LogP contribution >= 0.6 is 0 Å². The van der Waals surface area contributed by atoms with E-state index in [1.165, 1.54) is 0 Å². The SMILES string of the molecule is Cc1nc(CC2CCN(C(=O)c3ccccc3)CC2)cc(N(C)C)n1. The zero-order chi connectivity index (χ0) is 17.8. The van der Waals surface area contributed by atoms with E-state index in [9.17, 15) is 4.79 Å². The predicted octanol–water partition coefficient (Wildman–Crippen LogP) is 2.95. The van der Waals surface area contributed by atoms with Gasteiger partial charge in [0.2, 0.25) is 0 Å². The Morgan fingerprint density at radius 2 is 1.84 bits per heavy atom. The van der Waals surface area contributed by atoms with Crippen LogP contribution in [-0.2, 0) is 6.42 Å². The summed E-state index contributed by atoms with van der Waals surface area (Å²) in [5.41, 5.74) is 1.88. The van der Waals surface area contributed by atoms with Crippen molar-refractivity contribution in [3.63, 3.8) is 0 Å². The van der Waals surface area contributed by atoms with E-state index < -0.39 is 0 Å². The van der Waals surface area contributed by atoms with E-state index in [0.29, 0.717) is 5.92 Å². The van der Waals surface area contributed by atoms with Crippen molar-refractivity contribution < 1.29 is 4.79 Å². The first kappa shape index (κ1) is 17.4. The van der Waals surface area contributed by atoms with Crippen LogP contribution in [0.2, 0.25) is 0 Å². The van der Waals surface area contributed by atoms with Crippen LogP contribution in [0.15, 0.2) is 36.4 Å². The lowest BCUT2D eigenvalue weighted by atomic mass is 9.91. The first-order valence-electron chi connectivity index (χ1n) is 8.89. The van der Waals surface area contributed by atoms with Crippen molar-refractivity contribution in [1.82, 2.24) is 14.9 Å². The Labute approximate surface area is 149 Å². The van der Waals surface area contributed by atoms with Gasteiger partial charge < -0.3 is 9.80 Å². The van der Waals surface area contributed by atoms with Gasteiger partial charge in [-0.05, 0) is 44.2 Å².